The summed E-state index contributed by atoms with van der Waals surface area (Å²) in [5.41, 5.74) is -18.1. The van der Waals surface area contributed by atoms with Crippen molar-refractivity contribution in [2.75, 3.05) is 43.7 Å². The lowest BCUT2D eigenvalue weighted by atomic mass is 9.90. The highest BCUT2D eigenvalue weighted by Gasteiger charge is 2.74. The first kappa shape index (κ1) is 56.5. The van der Waals surface area contributed by atoms with Crippen molar-refractivity contribution in [1.29, 1.82) is 0 Å². The molecule has 0 atom stereocenters. The summed E-state index contributed by atoms with van der Waals surface area (Å²) in [5, 5.41) is 29.3. The summed E-state index contributed by atoms with van der Waals surface area (Å²) in [5.74, 6) is -3.18. The molecule has 67 heavy (non-hydrogen) atoms. The summed E-state index contributed by atoms with van der Waals surface area (Å²) in [6.45, 7) is 4.26. The Morgan fingerprint density at radius 2 is 0.806 bits per heavy atom. The van der Waals surface area contributed by atoms with Gasteiger partial charge in [-0.3, -0.25) is 29.8 Å². The second kappa shape index (κ2) is 20.5. The molecule has 2 amide bonds. The van der Waals surface area contributed by atoms with Crippen LogP contribution in [0.1, 0.15) is 54.1 Å². The Morgan fingerprint density at radius 3 is 1.07 bits per heavy atom. The van der Waals surface area contributed by atoms with Gasteiger partial charge in [0.15, 0.2) is 0 Å². The van der Waals surface area contributed by atoms with Crippen LogP contribution >= 0.6 is 0 Å². The predicted octanol–water partition coefficient (Wildman–Crippen LogP) is 11.5. The number of carbonyl (C=O) groups is 2. The molecule has 4 aromatic carbocycles. The standard InChI is InChI=1S/C20H18F7N3O3.C18H12F8N2O3.C2H7N/c1-10-7-13(18(21,19(22,23)24)20(25,26)27)8-11(2)16(10)28-17(31)12-5-6-14(29(3)4)15(9-12)30(32)33;1-8-5-11(16(20,17(21,22)23)18(24,25)26)6-9(2)14(8)27-15(29)10-3-4-12(19)13(7-10)28(30)31;1-3-2/h5-9H,1-4H3,(H,28,31);3-7H,1-2H3,(H,27,29);3H,1-2H3. The monoisotopic (exact) mass is 982 g/mol. The Bertz CT molecular complexity index is 2430. The summed E-state index contributed by atoms with van der Waals surface area (Å²) in [4.78, 5) is 46.6. The second-order valence-electron chi connectivity index (χ2n) is 14.5. The van der Waals surface area contributed by atoms with Crippen molar-refractivity contribution in [3.05, 3.63) is 131 Å². The van der Waals surface area contributed by atoms with Crippen LogP contribution in [0.25, 0.3) is 0 Å². The van der Waals surface area contributed by atoms with Gasteiger partial charge in [0.1, 0.15) is 5.69 Å². The second-order valence-corrected chi connectivity index (χ2v) is 14.5. The van der Waals surface area contributed by atoms with Crippen molar-refractivity contribution in [3.8, 4) is 0 Å². The van der Waals surface area contributed by atoms with Gasteiger partial charge in [0.2, 0.25) is 5.82 Å². The Labute approximate surface area is 369 Å². The van der Waals surface area contributed by atoms with Crippen molar-refractivity contribution in [2.24, 2.45) is 0 Å². The first-order valence-electron chi connectivity index (χ1n) is 18.3. The average Bonchev–Trinajstić information content (AvgIpc) is 3.18. The zero-order chi connectivity index (χ0) is 52.2. The molecule has 0 heterocycles. The number of hydrogen-bond acceptors (Lipinski definition) is 8. The van der Waals surface area contributed by atoms with Crippen LogP contribution in [-0.2, 0) is 11.3 Å². The van der Waals surface area contributed by atoms with Crippen LogP contribution < -0.4 is 20.9 Å². The largest absolute Gasteiger partial charge is 0.435 e. The predicted molar refractivity (Wildman–Crippen MR) is 213 cm³/mol. The van der Waals surface area contributed by atoms with Crippen molar-refractivity contribution in [2.45, 2.75) is 63.7 Å². The Kier molecular flexibility index (Phi) is 17.2. The van der Waals surface area contributed by atoms with E-state index in [0.29, 0.717) is 24.3 Å². The summed E-state index contributed by atoms with van der Waals surface area (Å²) in [6, 6.07) is 6.94. The highest BCUT2D eigenvalue weighted by molar-refractivity contribution is 6.06. The molecule has 0 spiro atoms. The number of nitro benzene ring substituents is 2. The Hall–Kier alpha value is -6.67. The van der Waals surface area contributed by atoms with E-state index in [4.69, 9.17) is 0 Å². The van der Waals surface area contributed by atoms with Crippen LogP contribution in [0.15, 0.2) is 60.7 Å². The molecule has 12 nitrogen and oxygen atoms in total. The molecule has 0 unspecified atom stereocenters. The normalized spacial score (nSPS) is 12.2. The first-order valence-corrected chi connectivity index (χ1v) is 18.3. The summed E-state index contributed by atoms with van der Waals surface area (Å²) in [6.07, 6.45) is -25.2. The molecule has 3 N–H and O–H groups in total. The van der Waals surface area contributed by atoms with Crippen molar-refractivity contribution in [1.82, 2.24) is 5.32 Å². The SMILES string of the molecule is CNC.Cc1cc(C(F)(C(F)(F)F)C(F)(F)F)cc(C)c1NC(=O)c1ccc(F)c([N+](=O)[O-])c1.Cc1cc(C(F)(C(F)(F)F)C(F)(F)F)cc(C)c1NC(=O)c1ccc(N(C)C)c([N+](=O)[O-])c1. The van der Waals surface area contributed by atoms with E-state index in [0.717, 1.165) is 39.8 Å². The van der Waals surface area contributed by atoms with Crippen molar-refractivity contribution < 1.29 is 85.3 Å². The Balaban J connectivity index is 0.000000435. The van der Waals surface area contributed by atoms with Crippen LogP contribution in [0, 0.1) is 53.7 Å². The van der Waals surface area contributed by atoms with Gasteiger partial charge >= 0.3 is 41.7 Å². The van der Waals surface area contributed by atoms with Gasteiger partial charge in [0.25, 0.3) is 17.5 Å². The molecule has 4 rings (SSSR count). The van der Waals surface area contributed by atoms with Crippen LogP contribution in [0.5, 0.6) is 0 Å². The summed E-state index contributed by atoms with van der Waals surface area (Å²) >= 11 is 0. The van der Waals surface area contributed by atoms with Gasteiger partial charge in [-0.1, -0.05) is 24.3 Å². The molecule has 27 heteroatoms. The minimum Gasteiger partial charge on any atom is -0.372 e. The fourth-order valence-corrected chi connectivity index (χ4v) is 6.05. The Morgan fingerprint density at radius 1 is 0.522 bits per heavy atom. The number of nitrogens with one attached hydrogen (secondary N) is 3. The zero-order valence-corrected chi connectivity index (χ0v) is 35.7. The number of nitro groups is 2. The molecule has 0 bridgehead atoms. The fourth-order valence-electron chi connectivity index (χ4n) is 6.05. The molecule has 0 saturated carbocycles. The van der Waals surface area contributed by atoms with E-state index in [1.165, 1.54) is 17.0 Å². The molecule has 0 aliphatic rings. The fraction of sp³-hybridized carbons (Fsp3) is 0.350. The first-order chi connectivity index (χ1) is 30.3. The molecular formula is C40H37F15N6O6. The molecule has 4 aromatic rings. The number of nitrogens with zero attached hydrogens (tertiary/aromatic N) is 3. The summed E-state index contributed by atoms with van der Waals surface area (Å²) in [7, 11) is 6.84. The van der Waals surface area contributed by atoms with E-state index >= 15 is 0 Å². The van der Waals surface area contributed by atoms with Crippen LogP contribution in [0.4, 0.5) is 94.3 Å². The maximum atomic E-state index is 14.4. The van der Waals surface area contributed by atoms with Gasteiger partial charge in [-0.25, -0.2) is 8.78 Å². The lowest BCUT2D eigenvalue weighted by Crippen LogP contribution is -2.50. The van der Waals surface area contributed by atoms with Gasteiger partial charge in [-0.15, -0.1) is 0 Å². The molecule has 368 valence electrons. The van der Waals surface area contributed by atoms with Crippen LogP contribution in [-0.4, -0.2) is 74.6 Å². The number of alkyl halides is 14. The molecule has 0 saturated heterocycles. The van der Waals surface area contributed by atoms with E-state index in [2.05, 4.69) is 16.0 Å². The number of carbonyl (C=O) groups excluding carboxylic acids is 2. The third kappa shape index (κ3) is 12.0. The number of halogens is 15. The molecule has 0 radical (unpaired) electrons. The quantitative estimate of drug-likeness (QED) is 0.0849. The number of amides is 2. The number of anilines is 3. The van der Waals surface area contributed by atoms with Crippen LogP contribution in [0.2, 0.25) is 0 Å². The highest BCUT2D eigenvalue weighted by Crippen LogP contribution is 2.55. The molecule has 0 fully saturated rings. The third-order valence-corrected chi connectivity index (χ3v) is 9.22. The zero-order valence-electron chi connectivity index (χ0n) is 35.7. The minimum absolute atomic E-state index is 0.158. The lowest BCUT2D eigenvalue weighted by molar-refractivity contribution is -0.387. The van der Waals surface area contributed by atoms with E-state index < -0.39 is 91.6 Å². The number of benzene rings is 4. The maximum Gasteiger partial charge on any atom is 0.435 e. The van der Waals surface area contributed by atoms with Gasteiger partial charge in [0, 0.05) is 59.9 Å². The molecule has 0 aliphatic heterocycles. The smallest absolute Gasteiger partial charge is 0.372 e. The van der Waals surface area contributed by atoms with E-state index in [1.807, 2.05) is 14.1 Å². The lowest BCUT2D eigenvalue weighted by Gasteiger charge is -2.31. The van der Waals surface area contributed by atoms with E-state index in [1.54, 1.807) is 14.1 Å². The number of hydrogen-bond donors (Lipinski definition) is 3. The third-order valence-electron chi connectivity index (χ3n) is 9.22. The van der Waals surface area contributed by atoms with Crippen molar-refractivity contribution in [3.63, 3.8) is 0 Å². The van der Waals surface area contributed by atoms with Gasteiger partial charge < -0.3 is 20.9 Å². The minimum atomic E-state index is -6.30. The molecular weight excluding hydrogens is 945 g/mol. The molecule has 0 aromatic heterocycles. The topological polar surface area (TPSA) is 160 Å². The summed E-state index contributed by atoms with van der Waals surface area (Å²) < 4.78 is 198. The number of aryl methyl sites for hydroxylation is 4. The van der Waals surface area contributed by atoms with Gasteiger partial charge in [-0.2, -0.15) is 57.1 Å². The van der Waals surface area contributed by atoms with Gasteiger partial charge in [-0.05, 0) is 88.3 Å². The van der Waals surface area contributed by atoms with E-state index in [9.17, 15) is 95.7 Å². The van der Waals surface area contributed by atoms with Gasteiger partial charge in [0.05, 0.1) is 9.85 Å². The average molecular weight is 983 g/mol. The highest BCUT2D eigenvalue weighted by atomic mass is 19.4. The number of rotatable bonds is 9. The van der Waals surface area contributed by atoms with Crippen LogP contribution in [0.3, 0.4) is 0 Å². The molecule has 0 aliphatic carbocycles. The van der Waals surface area contributed by atoms with E-state index in [-0.39, 0.29) is 57.0 Å². The maximum absolute atomic E-state index is 14.4. The van der Waals surface area contributed by atoms with Crippen molar-refractivity contribution >= 4 is 40.3 Å².